The second-order valence-electron chi connectivity index (χ2n) is 6.78. The quantitative estimate of drug-likeness (QED) is 0.407. The van der Waals surface area contributed by atoms with Gasteiger partial charge < -0.3 is 14.5 Å². The van der Waals surface area contributed by atoms with Gasteiger partial charge in [0.05, 0.1) is 24.2 Å². The summed E-state index contributed by atoms with van der Waals surface area (Å²) in [6.45, 7) is 0.221. The molecule has 32 heavy (non-hydrogen) atoms. The summed E-state index contributed by atoms with van der Waals surface area (Å²) in [6, 6.07) is 16.1. The zero-order valence-electron chi connectivity index (χ0n) is 16.8. The molecule has 3 aromatic carbocycles. The molecule has 1 aromatic heterocycles. The Morgan fingerprint density at radius 3 is 2.59 bits per heavy atom. The van der Waals surface area contributed by atoms with E-state index in [1.165, 1.54) is 25.5 Å². The Hall–Kier alpha value is -3.72. The van der Waals surface area contributed by atoms with Gasteiger partial charge in [0, 0.05) is 10.0 Å². The maximum atomic E-state index is 13.1. The highest BCUT2D eigenvalue weighted by molar-refractivity contribution is 9.10. The highest BCUT2D eigenvalue weighted by atomic mass is 79.9. The number of aromatic nitrogens is 2. The Morgan fingerprint density at radius 2 is 1.84 bits per heavy atom. The van der Waals surface area contributed by atoms with Crippen LogP contribution in [0.1, 0.15) is 11.1 Å². The first-order chi connectivity index (χ1) is 15.5. The molecule has 0 aliphatic rings. The van der Waals surface area contributed by atoms with Crippen molar-refractivity contribution in [1.29, 1.82) is 0 Å². The van der Waals surface area contributed by atoms with Crippen molar-refractivity contribution in [1.82, 2.24) is 9.66 Å². The van der Waals surface area contributed by atoms with Crippen LogP contribution in [0, 0.1) is 5.82 Å². The molecule has 162 valence electrons. The smallest absolute Gasteiger partial charge is 0.349 e. The fraction of sp³-hybridized carbons (Fsp3) is 0.0870. The van der Waals surface area contributed by atoms with E-state index < -0.39 is 11.2 Å². The van der Waals surface area contributed by atoms with Gasteiger partial charge in [0.15, 0.2) is 11.5 Å². The minimum Gasteiger partial charge on any atom is -0.493 e. The Balaban J connectivity index is 1.63. The molecule has 0 atom stereocenters. The van der Waals surface area contributed by atoms with Gasteiger partial charge >= 0.3 is 5.69 Å². The van der Waals surface area contributed by atoms with E-state index in [-0.39, 0.29) is 12.4 Å². The van der Waals surface area contributed by atoms with Gasteiger partial charge in [-0.1, -0.05) is 24.3 Å². The molecule has 4 rings (SSSR count). The van der Waals surface area contributed by atoms with Crippen molar-refractivity contribution in [2.45, 2.75) is 6.61 Å². The topological polar surface area (TPSA) is 85.7 Å². The fourth-order valence-electron chi connectivity index (χ4n) is 3.04. The van der Waals surface area contributed by atoms with E-state index in [0.717, 1.165) is 10.2 Å². The van der Waals surface area contributed by atoms with Gasteiger partial charge in [-0.2, -0.15) is 5.10 Å². The molecule has 0 unspecified atom stereocenters. The number of ether oxygens (including phenoxy) is 2. The van der Waals surface area contributed by atoms with Crippen LogP contribution in [-0.4, -0.2) is 23.0 Å². The number of rotatable bonds is 6. The third kappa shape index (κ3) is 4.47. The highest BCUT2D eigenvalue weighted by Gasteiger charge is 2.11. The first kappa shape index (κ1) is 21.5. The molecule has 0 fully saturated rings. The normalized spacial score (nSPS) is 11.2. The van der Waals surface area contributed by atoms with Gasteiger partial charge in [-0.05, 0) is 57.9 Å². The maximum Gasteiger partial charge on any atom is 0.349 e. The Labute approximate surface area is 189 Å². The summed E-state index contributed by atoms with van der Waals surface area (Å²) in [5.41, 5.74) is 0.634. The lowest BCUT2D eigenvalue weighted by Crippen LogP contribution is -2.32. The summed E-state index contributed by atoms with van der Waals surface area (Å²) in [4.78, 5) is 27.5. The van der Waals surface area contributed by atoms with Crippen LogP contribution in [0.3, 0.4) is 0 Å². The molecule has 4 aromatic rings. The second-order valence-corrected chi connectivity index (χ2v) is 7.63. The maximum absolute atomic E-state index is 13.1. The summed E-state index contributed by atoms with van der Waals surface area (Å²) in [5, 5.41) is 4.42. The molecular weight excluding hydrogens is 481 g/mol. The van der Waals surface area contributed by atoms with Crippen molar-refractivity contribution in [3.05, 3.63) is 103 Å². The Bertz CT molecular complexity index is 1430. The van der Waals surface area contributed by atoms with Gasteiger partial charge in [0.25, 0.3) is 5.56 Å². The minimum absolute atomic E-state index is 0.221. The van der Waals surface area contributed by atoms with E-state index in [1.807, 2.05) is 0 Å². The van der Waals surface area contributed by atoms with Gasteiger partial charge in [-0.25, -0.2) is 9.18 Å². The van der Waals surface area contributed by atoms with E-state index in [0.29, 0.717) is 32.4 Å². The molecule has 1 N–H and O–H groups in total. The van der Waals surface area contributed by atoms with E-state index in [4.69, 9.17) is 9.47 Å². The van der Waals surface area contributed by atoms with Crippen molar-refractivity contribution in [2.24, 2.45) is 5.10 Å². The molecule has 7 nitrogen and oxygen atoms in total. The van der Waals surface area contributed by atoms with Crippen molar-refractivity contribution < 1.29 is 13.9 Å². The number of H-pyrrole nitrogens is 1. The Kier molecular flexibility index (Phi) is 6.18. The van der Waals surface area contributed by atoms with Crippen molar-refractivity contribution in [3.63, 3.8) is 0 Å². The lowest BCUT2D eigenvalue weighted by Gasteiger charge is -2.13. The minimum atomic E-state index is -0.646. The van der Waals surface area contributed by atoms with Gasteiger partial charge in [0.1, 0.15) is 12.4 Å². The largest absolute Gasteiger partial charge is 0.493 e. The van der Waals surface area contributed by atoms with Crippen LogP contribution in [-0.2, 0) is 6.61 Å². The van der Waals surface area contributed by atoms with E-state index >= 15 is 0 Å². The third-order valence-corrected chi connectivity index (χ3v) is 5.37. The molecule has 0 amide bonds. The summed E-state index contributed by atoms with van der Waals surface area (Å²) in [7, 11) is 1.49. The standard InChI is InChI=1S/C23H17BrFN3O4/c1-31-20-10-15(18(24)11-21(20)32-13-14-6-8-16(25)9-7-14)12-26-28-22(29)17-4-2-3-5-19(17)27-23(28)30/h2-12H,13H2,1H3,(H,27,30). The molecular formula is C23H17BrFN3O4. The van der Waals surface area contributed by atoms with Gasteiger partial charge in [0.2, 0.25) is 0 Å². The molecule has 0 saturated heterocycles. The van der Waals surface area contributed by atoms with Gasteiger partial charge in [-0.3, -0.25) is 4.79 Å². The average Bonchev–Trinajstić information content (AvgIpc) is 2.79. The molecule has 0 radical (unpaired) electrons. The third-order valence-electron chi connectivity index (χ3n) is 4.69. The second kappa shape index (κ2) is 9.19. The van der Waals surface area contributed by atoms with Crippen LogP contribution in [0.5, 0.6) is 11.5 Å². The zero-order valence-corrected chi connectivity index (χ0v) is 18.4. The predicted octanol–water partition coefficient (Wildman–Crippen LogP) is 4.06. The molecule has 9 heteroatoms. The van der Waals surface area contributed by atoms with Gasteiger partial charge in [-0.15, -0.1) is 4.68 Å². The number of methoxy groups -OCH3 is 1. The number of benzene rings is 3. The number of fused-ring (bicyclic) bond motifs is 1. The Morgan fingerprint density at radius 1 is 1.09 bits per heavy atom. The van der Waals surface area contributed by atoms with Crippen LogP contribution < -0.4 is 20.7 Å². The van der Waals surface area contributed by atoms with E-state index in [9.17, 15) is 14.0 Å². The fourth-order valence-corrected chi connectivity index (χ4v) is 3.47. The number of hydrogen-bond donors (Lipinski definition) is 1. The van der Waals surface area contributed by atoms with Crippen molar-refractivity contribution in [3.8, 4) is 11.5 Å². The lowest BCUT2D eigenvalue weighted by atomic mass is 10.2. The van der Waals surface area contributed by atoms with Crippen molar-refractivity contribution >= 4 is 33.0 Å². The average molecular weight is 498 g/mol. The zero-order chi connectivity index (χ0) is 22.7. The predicted molar refractivity (Wildman–Crippen MR) is 123 cm³/mol. The number of aromatic amines is 1. The summed E-state index contributed by atoms with van der Waals surface area (Å²) in [5.74, 6) is 0.570. The molecule has 0 saturated carbocycles. The number of nitrogens with one attached hydrogen (secondary N) is 1. The highest BCUT2D eigenvalue weighted by Crippen LogP contribution is 2.33. The number of hydrogen-bond acceptors (Lipinski definition) is 5. The first-order valence-electron chi connectivity index (χ1n) is 9.49. The van der Waals surface area contributed by atoms with Crippen LogP contribution in [0.4, 0.5) is 4.39 Å². The van der Waals surface area contributed by atoms with Crippen LogP contribution in [0.2, 0.25) is 0 Å². The summed E-state index contributed by atoms with van der Waals surface area (Å²) in [6.07, 6.45) is 1.38. The first-order valence-corrected chi connectivity index (χ1v) is 10.3. The number of halogens is 2. The summed E-state index contributed by atoms with van der Waals surface area (Å²) < 4.78 is 25.7. The van der Waals surface area contributed by atoms with Crippen LogP contribution >= 0.6 is 15.9 Å². The number of para-hydroxylation sites is 1. The molecule has 0 aliphatic carbocycles. The molecule has 1 heterocycles. The SMILES string of the molecule is COc1cc(C=Nn2c(=O)[nH]c3ccccc3c2=O)c(Br)cc1OCc1ccc(F)cc1. The molecule has 0 bridgehead atoms. The van der Waals surface area contributed by atoms with Crippen molar-refractivity contribution in [2.75, 3.05) is 7.11 Å². The summed E-state index contributed by atoms with van der Waals surface area (Å²) >= 11 is 3.45. The monoisotopic (exact) mass is 497 g/mol. The van der Waals surface area contributed by atoms with Crippen LogP contribution in [0.15, 0.2) is 79.8 Å². The van der Waals surface area contributed by atoms with E-state index in [2.05, 4.69) is 26.0 Å². The number of nitrogens with zero attached hydrogens (tertiary/aromatic N) is 2. The molecule has 0 spiro atoms. The van der Waals surface area contributed by atoms with E-state index in [1.54, 1.807) is 48.5 Å². The lowest BCUT2D eigenvalue weighted by molar-refractivity contribution is 0.284. The molecule has 0 aliphatic heterocycles. The van der Waals surface area contributed by atoms with Crippen LogP contribution in [0.25, 0.3) is 10.9 Å².